The maximum Gasteiger partial charge on any atom is 0.128 e. The summed E-state index contributed by atoms with van der Waals surface area (Å²) in [4.78, 5) is 6.97. The maximum atomic E-state index is 4.60. The zero-order chi connectivity index (χ0) is 13.5. The van der Waals surface area contributed by atoms with E-state index in [4.69, 9.17) is 0 Å². The molecule has 1 fully saturated rings. The van der Waals surface area contributed by atoms with Crippen molar-refractivity contribution in [3.63, 3.8) is 0 Å². The van der Waals surface area contributed by atoms with Gasteiger partial charge >= 0.3 is 0 Å². The summed E-state index contributed by atoms with van der Waals surface area (Å²) in [5.74, 6) is 1.13. The van der Waals surface area contributed by atoms with Crippen LogP contribution in [-0.4, -0.2) is 24.1 Å². The number of nitrogens with zero attached hydrogens (tertiary/aromatic N) is 2. The molecule has 1 aliphatic rings. The first kappa shape index (κ1) is 14.2. The fraction of sp³-hybridized carbons (Fsp3) is 0.688. The van der Waals surface area contributed by atoms with Crippen LogP contribution in [0.25, 0.3) is 0 Å². The highest BCUT2D eigenvalue weighted by Crippen LogP contribution is 2.20. The topological polar surface area (TPSA) is 28.2 Å². The van der Waals surface area contributed by atoms with E-state index in [2.05, 4.69) is 41.2 Å². The van der Waals surface area contributed by atoms with Gasteiger partial charge in [0.2, 0.25) is 0 Å². The van der Waals surface area contributed by atoms with Crippen molar-refractivity contribution in [1.82, 2.24) is 4.98 Å². The average Bonchev–Trinajstić information content (AvgIpc) is 2.94. The van der Waals surface area contributed by atoms with Gasteiger partial charge < -0.3 is 10.2 Å². The number of pyridine rings is 1. The SMILES string of the molecule is CCCC(CCC)Nc1ccc(N2CCCC2)nc1. The summed E-state index contributed by atoms with van der Waals surface area (Å²) in [6.45, 7) is 6.82. The Kier molecular flexibility index (Phi) is 5.49. The minimum Gasteiger partial charge on any atom is -0.381 e. The van der Waals surface area contributed by atoms with Gasteiger partial charge in [0.15, 0.2) is 0 Å². The molecule has 0 bridgehead atoms. The highest BCUT2D eigenvalue weighted by atomic mass is 15.2. The van der Waals surface area contributed by atoms with E-state index in [0.29, 0.717) is 6.04 Å². The third-order valence-electron chi connectivity index (χ3n) is 3.82. The standard InChI is InChI=1S/C16H27N3/c1-3-7-14(8-4-2)18-15-9-10-16(17-13-15)19-11-5-6-12-19/h9-10,13-14,18H,3-8,11-12H2,1-2H3. The normalized spacial score (nSPS) is 15.2. The molecule has 0 saturated carbocycles. The van der Waals surface area contributed by atoms with Crippen LogP contribution in [0.1, 0.15) is 52.4 Å². The van der Waals surface area contributed by atoms with E-state index in [9.17, 15) is 0 Å². The number of anilines is 2. The minimum absolute atomic E-state index is 0.592. The van der Waals surface area contributed by atoms with Gasteiger partial charge in [0.1, 0.15) is 5.82 Å². The Bertz CT molecular complexity index is 349. The second-order valence-electron chi connectivity index (χ2n) is 5.52. The summed E-state index contributed by atoms with van der Waals surface area (Å²) >= 11 is 0. The number of hydrogen-bond donors (Lipinski definition) is 1. The van der Waals surface area contributed by atoms with E-state index in [1.165, 1.54) is 38.5 Å². The van der Waals surface area contributed by atoms with Crippen molar-refractivity contribution in [1.29, 1.82) is 0 Å². The van der Waals surface area contributed by atoms with Crippen molar-refractivity contribution >= 4 is 11.5 Å². The molecule has 19 heavy (non-hydrogen) atoms. The van der Waals surface area contributed by atoms with Gasteiger partial charge in [-0.25, -0.2) is 4.98 Å². The fourth-order valence-corrected chi connectivity index (χ4v) is 2.83. The fourth-order valence-electron chi connectivity index (χ4n) is 2.83. The molecule has 0 aliphatic carbocycles. The van der Waals surface area contributed by atoms with Gasteiger partial charge in [0.25, 0.3) is 0 Å². The van der Waals surface area contributed by atoms with Crippen molar-refractivity contribution in [3.05, 3.63) is 18.3 Å². The molecule has 2 rings (SSSR count). The molecule has 1 aliphatic heterocycles. The van der Waals surface area contributed by atoms with Crippen LogP contribution in [0.3, 0.4) is 0 Å². The predicted molar refractivity (Wildman–Crippen MR) is 82.9 cm³/mol. The van der Waals surface area contributed by atoms with Crippen molar-refractivity contribution in [2.75, 3.05) is 23.3 Å². The van der Waals surface area contributed by atoms with Crippen LogP contribution >= 0.6 is 0 Å². The summed E-state index contributed by atoms with van der Waals surface area (Å²) in [5, 5.41) is 3.62. The molecular formula is C16H27N3. The summed E-state index contributed by atoms with van der Waals surface area (Å²) < 4.78 is 0. The molecular weight excluding hydrogens is 234 g/mol. The monoisotopic (exact) mass is 261 g/mol. The molecule has 1 aromatic rings. The minimum atomic E-state index is 0.592. The molecule has 1 saturated heterocycles. The first-order valence-electron chi connectivity index (χ1n) is 7.81. The van der Waals surface area contributed by atoms with Crippen molar-refractivity contribution in [2.45, 2.75) is 58.4 Å². The smallest absolute Gasteiger partial charge is 0.128 e. The molecule has 0 atom stereocenters. The lowest BCUT2D eigenvalue weighted by atomic mass is 10.1. The van der Waals surface area contributed by atoms with Crippen molar-refractivity contribution < 1.29 is 0 Å². The van der Waals surface area contributed by atoms with Crippen LogP contribution < -0.4 is 10.2 Å². The van der Waals surface area contributed by atoms with Crippen LogP contribution in [0.4, 0.5) is 11.5 Å². The molecule has 0 spiro atoms. The van der Waals surface area contributed by atoms with E-state index in [-0.39, 0.29) is 0 Å². The molecule has 0 amide bonds. The van der Waals surface area contributed by atoms with E-state index in [1.54, 1.807) is 0 Å². The molecule has 1 aromatic heterocycles. The molecule has 1 N–H and O–H groups in total. The molecule has 106 valence electrons. The van der Waals surface area contributed by atoms with Gasteiger partial charge in [-0.3, -0.25) is 0 Å². The van der Waals surface area contributed by atoms with Gasteiger partial charge in [-0.2, -0.15) is 0 Å². The Morgan fingerprint density at radius 3 is 2.37 bits per heavy atom. The van der Waals surface area contributed by atoms with Gasteiger partial charge in [0, 0.05) is 19.1 Å². The Hall–Kier alpha value is -1.25. The van der Waals surface area contributed by atoms with E-state index in [1.807, 2.05) is 6.20 Å². The Labute approximate surface area is 117 Å². The lowest BCUT2D eigenvalue weighted by molar-refractivity contribution is 0.586. The zero-order valence-electron chi connectivity index (χ0n) is 12.4. The zero-order valence-corrected chi connectivity index (χ0v) is 12.4. The van der Waals surface area contributed by atoms with E-state index < -0.39 is 0 Å². The van der Waals surface area contributed by atoms with Crippen molar-refractivity contribution in [2.24, 2.45) is 0 Å². The number of hydrogen-bond acceptors (Lipinski definition) is 3. The molecule has 2 heterocycles. The van der Waals surface area contributed by atoms with Crippen LogP contribution in [0.15, 0.2) is 18.3 Å². The Morgan fingerprint density at radius 1 is 1.16 bits per heavy atom. The van der Waals surface area contributed by atoms with Crippen LogP contribution in [0.5, 0.6) is 0 Å². The highest BCUT2D eigenvalue weighted by Gasteiger charge is 2.13. The van der Waals surface area contributed by atoms with Gasteiger partial charge in [0.05, 0.1) is 11.9 Å². The van der Waals surface area contributed by atoms with Crippen LogP contribution in [0, 0.1) is 0 Å². The average molecular weight is 261 g/mol. The van der Waals surface area contributed by atoms with Gasteiger partial charge in [-0.15, -0.1) is 0 Å². The summed E-state index contributed by atoms with van der Waals surface area (Å²) in [7, 11) is 0. The number of nitrogens with one attached hydrogen (secondary N) is 1. The van der Waals surface area contributed by atoms with Gasteiger partial charge in [-0.05, 0) is 37.8 Å². The first-order valence-corrected chi connectivity index (χ1v) is 7.81. The highest BCUT2D eigenvalue weighted by molar-refractivity contribution is 5.49. The summed E-state index contributed by atoms with van der Waals surface area (Å²) in [6, 6.07) is 4.93. The van der Waals surface area contributed by atoms with E-state index in [0.717, 1.165) is 24.6 Å². The number of aromatic nitrogens is 1. The summed E-state index contributed by atoms with van der Waals surface area (Å²) in [6.07, 6.45) is 9.54. The van der Waals surface area contributed by atoms with Crippen LogP contribution in [-0.2, 0) is 0 Å². The molecule has 0 unspecified atom stereocenters. The van der Waals surface area contributed by atoms with Crippen molar-refractivity contribution in [3.8, 4) is 0 Å². The third-order valence-corrected chi connectivity index (χ3v) is 3.82. The first-order chi connectivity index (χ1) is 9.33. The maximum absolute atomic E-state index is 4.60. The number of rotatable bonds is 7. The van der Waals surface area contributed by atoms with E-state index >= 15 is 0 Å². The third kappa shape index (κ3) is 4.12. The van der Waals surface area contributed by atoms with Crippen LogP contribution in [0.2, 0.25) is 0 Å². The molecule has 3 nitrogen and oxygen atoms in total. The largest absolute Gasteiger partial charge is 0.381 e. The summed E-state index contributed by atoms with van der Waals surface area (Å²) in [5.41, 5.74) is 1.16. The Morgan fingerprint density at radius 2 is 1.84 bits per heavy atom. The quantitative estimate of drug-likeness (QED) is 0.802. The lowest BCUT2D eigenvalue weighted by Gasteiger charge is -2.20. The molecule has 3 heteroatoms. The molecule has 0 radical (unpaired) electrons. The Balaban J connectivity index is 1.93. The predicted octanol–water partition coefficient (Wildman–Crippen LogP) is 4.06. The molecule has 0 aromatic carbocycles. The second kappa shape index (κ2) is 7.37. The van der Waals surface area contributed by atoms with Gasteiger partial charge in [-0.1, -0.05) is 26.7 Å². The second-order valence-corrected chi connectivity index (χ2v) is 5.52. The lowest BCUT2D eigenvalue weighted by Crippen LogP contribution is -2.20.